The van der Waals surface area contributed by atoms with Crippen molar-refractivity contribution in [2.45, 2.75) is 31.8 Å². The van der Waals surface area contributed by atoms with Crippen LogP contribution < -0.4 is 10.6 Å². The summed E-state index contributed by atoms with van der Waals surface area (Å²) in [7, 11) is 1.54. The molecule has 2 saturated heterocycles. The standard InChI is InChI=1S/C25H27N3O4/c1-14-9-10-17-21(15(14)2)26-24(31)25(17)20-19(22(29)28(23(20)30)11-12-32-3)18(27-25)13-16-7-5-4-6-8-16/h4-10,18-20,27H,11-13H2,1-3H3,(H,26,31)/t18-,19-,20+,25+/m1/s1. The molecule has 1 spiro atoms. The van der Waals surface area contributed by atoms with E-state index in [1.165, 1.54) is 4.90 Å². The van der Waals surface area contributed by atoms with Crippen LogP contribution in [0.15, 0.2) is 42.5 Å². The molecule has 0 bridgehead atoms. The van der Waals surface area contributed by atoms with Gasteiger partial charge in [-0.1, -0.05) is 42.5 Å². The lowest BCUT2D eigenvalue weighted by molar-refractivity contribution is -0.143. The Labute approximate surface area is 187 Å². The number of carbonyl (C=O) groups excluding carboxylic acids is 3. The smallest absolute Gasteiger partial charge is 0.250 e. The molecule has 0 saturated carbocycles. The second-order valence-electron chi connectivity index (χ2n) is 8.96. The number of hydrogen-bond acceptors (Lipinski definition) is 5. The van der Waals surface area contributed by atoms with Crippen LogP contribution in [0.2, 0.25) is 0 Å². The fraction of sp³-hybridized carbons (Fsp3) is 0.400. The maximum absolute atomic E-state index is 13.6. The van der Waals surface area contributed by atoms with Gasteiger partial charge in [0, 0.05) is 24.4 Å². The summed E-state index contributed by atoms with van der Waals surface area (Å²) in [5, 5.41) is 6.52. The van der Waals surface area contributed by atoms with Gasteiger partial charge in [-0.15, -0.1) is 0 Å². The van der Waals surface area contributed by atoms with E-state index >= 15 is 0 Å². The number of hydrogen-bond donors (Lipinski definition) is 2. The highest BCUT2D eigenvalue weighted by Crippen LogP contribution is 2.54. The molecule has 0 aromatic heterocycles. The molecule has 2 aromatic rings. The average molecular weight is 434 g/mol. The summed E-state index contributed by atoms with van der Waals surface area (Å²) >= 11 is 0. The zero-order chi connectivity index (χ0) is 22.6. The molecule has 2 N–H and O–H groups in total. The Morgan fingerprint density at radius 3 is 2.50 bits per heavy atom. The Bertz CT molecular complexity index is 1120. The fourth-order valence-corrected chi connectivity index (χ4v) is 5.62. The van der Waals surface area contributed by atoms with Crippen molar-refractivity contribution in [3.8, 4) is 0 Å². The number of aryl methyl sites for hydroxylation is 1. The van der Waals surface area contributed by atoms with E-state index < -0.39 is 17.4 Å². The first kappa shape index (κ1) is 20.8. The Kier molecular flexibility index (Phi) is 4.91. The van der Waals surface area contributed by atoms with Crippen molar-refractivity contribution < 1.29 is 19.1 Å². The molecule has 3 amide bonds. The first-order valence-electron chi connectivity index (χ1n) is 11.0. The van der Waals surface area contributed by atoms with Gasteiger partial charge in [-0.05, 0) is 37.0 Å². The second-order valence-corrected chi connectivity index (χ2v) is 8.96. The molecule has 32 heavy (non-hydrogen) atoms. The Balaban J connectivity index is 1.63. The van der Waals surface area contributed by atoms with Crippen molar-refractivity contribution in [3.63, 3.8) is 0 Å². The minimum Gasteiger partial charge on any atom is -0.383 e. The number of nitrogens with one attached hydrogen (secondary N) is 2. The van der Waals surface area contributed by atoms with Crippen molar-refractivity contribution in [2.24, 2.45) is 11.8 Å². The molecule has 3 heterocycles. The van der Waals surface area contributed by atoms with Crippen molar-refractivity contribution in [2.75, 3.05) is 25.6 Å². The number of nitrogens with zero attached hydrogens (tertiary/aromatic N) is 1. The number of rotatable bonds is 5. The minimum absolute atomic E-state index is 0.191. The van der Waals surface area contributed by atoms with Crippen LogP contribution in [0.3, 0.4) is 0 Å². The monoisotopic (exact) mass is 433 g/mol. The predicted molar refractivity (Wildman–Crippen MR) is 119 cm³/mol. The topological polar surface area (TPSA) is 87.7 Å². The van der Waals surface area contributed by atoms with E-state index in [9.17, 15) is 14.4 Å². The lowest BCUT2D eigenvalue weighted by Crippen LogP contribution is -2.53. The van der Waals surface area contributed by atoms with Gasteiger partial charge in [-0.3, -0.25) is 24.6 Å². The number of benzene rings is 2. The van der Waals surface area contributed by atoms with Crippen molar-refractivity contribution in [1.82, 2.24) is 10.2 Å². The van der Waals surface area contributed by atoms with Crippen molar-refractivity contribution in [3.05, 3.63) is 64.7 Å². The van der Waals surface area contributed by atoms with Crippen LogP contribution in [0, 0.1) is 25.7 Å². The molecule has 7 nitrogen and oxygen atoms in total. The predicted octanol–water partition coefficient (Wildman–Crippen LogP) is 1.91. The summed E-state index contributed by atoms with van der Waals surface area (Å²) in [6.07, 6.45) is 0.550. The molecule has 3 aliphatic rings. The highest BCUT2D eigenvalue weighted by molar-refractivity contribution is 6.15. The summed E-state index contributed by atoms with van der Waals surface area (Å²) in [5.41, 5.74) is 3.34. The van der Waals surface area contributed by atoms with Gasteiger partial charge in [0.25, 0.3) is 0 Å². The maximum atomic E-state index is 13.6. The van der Waals surface area contributed by atoms with Crippen LogP contribution in [0.4, 0.5) is 5.69 Å². The van der Waals surface area contributed by atoms with Gasteiger partial charge < -0.3 is 10.1 Å². The van der Waals surface area contributed by atoms with Gasteiger partial charge in [-0.2, -0.15) is 0 Å². The summed E-state index contributed by atoms with van der Waals surface area (Å²) in [6.45, 7) is 4.42. The molecule has 4 atom stereocenters. The van der Waals surface area contributed by atoms with Crippen LogP contribution in [-0.4, -0.2) is 48.9 Å². The van der Waals surface area contributed by atoms with Gasteiger partial charge in [0.05, 0.1) is 25.0 Å². The highest BCUT2D eigenvalue weighted by Gasteiger charge is 2.70. The number of imide groups is 1. The normalized spacial score (nSPS) is 28.4. The van der Waals surface area contributed by atoms with Gasteiger partial charge >= 0.3 is 0 Å². The van der Waals surface area contributed by atoms with E-state index in [1.54, 1.807) is 7.11 Å². The number of amides is 3. The number of carbonyl (C=O) groups is 3. The van der Waals surface area contributed by atoms with Gasteiger partial charge in [-0.25, -0.2) is 0 Å². The molecule has 166 valence electrons. The quantitative estimate of drug-likeness (QED) is 0.704. The molecular weight excluding hydrogens is 406 g/mol. The molecule has 0 aliphatic carbocycles. The summed E-state index contributed by atoms with van der Waals surface area (Å²) < 4.78 is 5.13. The van der Waals surface area contributed by atoms with Crippen LogP contribution in [-0.2, 0) is 31.1 Å². The lowest BCUT2D eigenvalue weighted by Gasteiger charge is -2.29. The van der Waals surface area contributed by atoms with E-state index in [4.69, 9.17) is 4.74 Å². The fourth-order valence-electron chi connectivity index (χ4n) is 5.62. The summed E-state index contributed by atoms with van der Waals surface area (Å²) in [4.78, 5) is 41.9. The zero-order valence-corrected chi connectivity index (χ0v) is 18.5. The SMILES string of the molecule is COCCN1C(=O)[C@H]2[C@@H](C1=O)[C@]1(N[C@@H]2Cc2ccccc2)C(=O)Nc2c1ccc(C)c2C. The molecule has 3 aliphatic heterocycles. The van der Waals surface area contributed by atoms with E-state index in [0.29, 0.717) is 6.42 Å². The van der Waals surface area contributed by atoms with Crippen LogP contribution in [0.1, 0.15) is 22.3 Å². The summed E-state index contributed by atoms with van der Waals surface area (Å²) in [5.74, 6) is -2.20. The van der Waals surface area contributed by atoms with E-state index in [2.05, 4.69) is 10.6 Å². The number of fused-ring (bicyclic) bond motifs is 4. The molecule has 0 radical (unpaired) electrons. The third-order valence-corrected chi connectivity index (χ3v) is 7.33. The van der Waals surface area contributed by atoms with Crippen molar-refractivity contribution in [1.29, 1.82) is 0 Å². The average Bonchev–Trinajstić information content (AvgIpc) is 3.35. The van der Waals surface area contributed by atoms with Gasteiger partial charge in [0.15, 0.2) is 0 Å². The molecule has 2 aromatic carbocycles. The lowest BCUT2D eigenvalue weighted by atomic mass is 9.75. The Morgan fingerprint density at radius 1 is 1.03 bits per heavy atom. The van der Waals surface area contributed by atoms with E-state index in [1.807, 2.05) is 56.3 Å². The van der Waals surface area contributed by atoms with Crippen LogP contribution >= 0.6 is 0 Å². The van der Waals surface area contributed by atoms with Crippen molar-refractivity contribution >= 4 is 23.4 Å². The Morgan fingerprint density at radius 2 is 1.78 bits per heavy atom. The molecule has 7 heteroatoms. The van der Waals surface area contributed by atoms with E-state index in [0.717, 1.165) is 27.9 Å². The number of likely N-dealkylation sites (tertiary alicyclic amines) is 1. The van der Waals surface area contributed by atoms with Crippen LogP contribution in [0.25, 0.3) is 0 Å². The number of ether oxygens (including phenoxy) is 1. The molecule has 5 rings (SSSR count). The molecule has 0 unspecified atom stereocenters. The highest BCUT2D eigenvalue weighted by atomic mass is 16.5. The molecule has 2 fully saturated rings. The maximum Gasteiger partial charge on any atom is 0.250 e. The third-order valence-electron chi connectivity index (χ3n) is 7.33. The van der Waals surface area contributed by atoms with Crippen LogP contribution in [0.5, 0.6) is 0 Å². The minimum atomic E-state index is -1.26. The number of anilines is 1. The first-order valence-corrected chi connectivity index (χ1v) is 11.0. The zero-order valence-electron chi connectivity index (χ0n) is 18.5. The Hall–Kier alpha value is -3.03. The second kappa shape index (κ2) is 7.53. The largest absolute Gasteiger partial charge is 0.383 e. The van der Waals surface area contributed by atoms with Gasteiger partial charge in [0.1, 0.15) is 5.54 Å². The first-order chi connectivity index (χ1) is 15.4. The van der Waals surface area contributed by atoms with E-state index in [-0.39, 0.29) is 36.9 Å². The third kappa shape index (κ3) is 2.77. The molecular formula is C25H27N3O4. The number of methoxy groups -OCH3 is 1. The van der Waals surface area contributed by atoms with Gasteiger partial charge in [0.2, 0.25) is 17.7 Å². The summed E-state index contributed by atoms with van der Waals surface area (Å²) in [6, 6.07) is 13.4.